The van der Waals surface area contributed by atoms with Gasteiger partial charge in [0.25, 0.3) is 23.6 Å². The first-order valence-electron chi connectivity index (χ1n) is 40.2. The van der Waals surface area contributed by atoms with E-state index < -0.39 is 0 Å². The average Bonchev–Trinajstić information content (AvgIpc) is 1.63. The summed E-state index contributed by atoms with van der Waals surface area (Å²) in [6.45, 7) is 31.1. The molecule has 117 heavy (non-hydrogen) atoms. The fourth-order valence-electron chi connectivity index (χ4n) is 15.9. The first-order chi connectivity index (χ1) is 56.6. The molecule has 10 heterocycles. The van der Waals surface area contributed by atoms with Crippen LogP contribution in [0.1, 0.15) is 158 Å². The van der Waals surface area contributed by atoms with Crippen LogP contribution in [0, 0.1) is 48.5 Å². The summed E-state index contributed by atoms with van der Waals surface area (Å²) in [6, 6.07) is 47.7. The molecule has 4 amide bonds. The quantitative estimate of drug-likeness (QED) is 0.0244. The Morgan fingerprint density at radius 3 is 1.39 bits per heavy atom. The summed E-state index contributed by atoms with van der Waals surface area (Å²) < 4.78 is 6.13. The molecule has 0 radical (unpaired) electrons. The van der Waals surface area contributed by atoms with Crippen LogP contribution >= 0.6 is 22.7 Å². The van der Waals surface area contributed by atoms with Gasteiger partial charge < -0.3 is 54.9 Å². The van der Waals surface area contributed by atoms with Gasteiger partial charge in [-0.3, -0.25) is 28.8 Å². The van der Waals surface area contributed by atoms with Gasteiger partial charge in [0.05, 0.1) is 45.1 Å². The average molecular weight is 1600 g/mol. The number of hydrogen-bond donors (Lipinski definition) is 6. The van der Waals surface area contributed by atoms with E-state index in [1.165, 1.54) is 0 Å². The van der Waals surface area contributed by atoms with Gasteiger partial charge in [0.2, 0.25) is 5.89 Å². The van der Waals surface area contributed by atoms with Gasteiger partial charge in [0, 0.05) is 157 Å². The molecular weight excluding hydrogens is 1500 g/mol. The molecule has 1 saturated heterocycles. The number of aryl methyl sites for hydroxylation is 4. The third-order valence-electron chi connectivity index (χ3n) is 22.5. The van der Waals surface area contributed by atoms with Gasteiger partial charge in [-0.25, -0.2) is 15.0 Å². The molecule has 0 saturated carbocycles. The van der Waals surface area contributed by atoms with E-state index in [2.05, 4.69) is 97.5 Å². The highest BCUT2D eigenvalue weighted by molar-refractivity contribution is 7.13. The molecule has 0 spiro atoms. The number of carbonyl (C=O) groups excluding carboxylic acids is 6. The Bertz CT molecular complexity index is 5840. The lowest BCUT2D eigenvalue weighted by Crippen LogP contribution is -2.47. The fraction of sp³-hybridized carbons (Fsp3) is 0.274. The van der Waals surface area contributed by atoms with Crippen LogP contribution in [0.5, 0.6) is 0 Å². The number of nitrogens with zero attached hydrogens (tertiary/aromatic N) is 7. The van der Waals surface area contributed by atoms with Crippen molar-refractivity contribution in [3.8, 4) is 66.4 Å². The van der Waals surface area contributed by atoms with Crippen LogP contribution < -0.4 is 16.0 Å². The molecule has 22 heteroatoms. The van der Waals surface area contributed by atoms with E-state index in [4.69, 9.17) is 14.4 Å². The van der Waals surface area contributed by atoms with Crippen LogP contribution in [-0.4, -0.2) is 157 Å². The zero-order valence-corrected chi connectivity index (χ0v) is 70.1. The molecule has 6 N–H and O–H groups in total. The van der Waals surface area contributed by atoms with E-state index >= 15 is 0 Å². The molecule has 6 aromatic carbocycles. The van der Waals surface area contributed by atoms with Crippen LogP contribution in [0.25, 0.3) is 101 Å². The first-order valence-corrected chi connectivity index (χ1v) is 42.0. The first kappa shape index (κ1) is 81.5. The smallest absolute Gasteiger partial charge is 0.256 e. The molecule has 0 atom stereocenters. The van der Waals surface area contributed by atoms with E-state index in [-0.39, 0.29) is 35.2 Å². The number of anilines is 3. The number of oxazole rings is 1. The number of likely N-dealkylation sites (N-methyl/N-ethyl adjacent to an activating group) is 1. The van der Waals surface area contributed by atoms with Crippen LogP contribution in [-0.2, 0) is 14.4 Å². The Morgan fingerprint density at radius 2 is 0.889 bits per heavy atom. The topological polar surface area (TPSA) is 251 Å². The highest BCUT2D eigenvalue weighted by Gasteiger charge is 2.33. The maximum absolute atomic E-state index is 13.3. The number of piperazine rings is 1. The molecule has 4 aliphatic rings. The zero-order valence-electron chi connectivity index (χ0n) is 68.4. The standard InChI is InChI=1S/C33H36N4O3.C32H34N4O2S.C30H29N5O2S/c1-6-37(7-2)17-11-14-29(38)30-20(3)27(34-21(30)4)19-26-25-16-15-24(18-28(25)36-32(26)39)31-22(5)35-33(40-31)23-12-9-8-10-13-23;1-5-36(6-2)16-10-13-29(37)30-20(3)26(33-21(30)4)18-25-24-15-14-23(17-27(24)34-31(25)38)28-19-39-32(35-28)22-11-8-7-9-12-22;1-18-24(31-19(2)26(18)30(37)35-14-12-34(3)13-15-35)16-23-21-10-7-11-22(27(21)33-28(23)36)25-17-38-29(32-25)20-8-5-4-6-9-20/h8-10,12-13,15-16,18-19,34H,6-7,11,14,17H2,1-5H3,(H,36,39);7-9,11-12,14-15,17-19,33H,5-6,10,13,16H2,1-4H3,(H,34,38);4-11,16-17,31H,12-15H2,1-3H3,(H,33,36)/b26-19-;25-18-;23-16-. The predicted octanol–water partition coefficient (Wildman–Crippen LogP) is 19.6. The third-order valence-corrected chi connectivity index (χ3v) is 24.3. The molecule has 4 aliphatic heterocycles. The molecule has 0 unspecified atom stereocenters. The Hall–Kier alpha value is -12.1. The number of hydrogen-bond acceptors (Lipinski definition) is 15. The van der Waals surface area contributed by atoms with Gasteiger partial charge in [0.15, 0.2) is 17.3 Å². The van der Waals surface area contributed by atoms with E-state index in [0.717, 1.165) is 235 Å². The fourth-order valence-corrected chi connectivity index (χ4v) is 17.6. The number of amides is 4. The minimum absolute atomic E-state index is 0.0466. The van der Waals surface area contributed by atoms with Crippen molar-refractivity contribution in [1.82, 2.24) is 49.5 Å². The van der Waals surface area contributed by atoms with Gasteiger partial charge in [-0.2, -0.15) is 0 Å². The lowest BCUT2D eigenvalue weighted by Gasteiger charge is -2.32. The SMILES string of the molecule is CCN(CC)CCCC(=O)c1c(C)[nH]c(/C=C2\C(=O)Nc3cc(-c4csc(-c5ccccc5)n4)ccc32)c1C.CCN(CC)CCCC(=O)c1c(C)[nH]c(/C=C2\C(=O)Nc3cc(-c4oc(-c5ccccc5)nc4C)ccc32)c1C.Cc1[nH]c(/C=C2\C(=O)Nc3c2cccc3-c2csc(-c3ccccc3)n2)c(C)c1C(=O)N1CCN(C)CC1. The van der Waals surface area contributed by atoms with Crippen molar-refractivity contribution < 1.29 is 33.2 Å². The Labute approximate surface area is 691 Å². The van der Waals surface area contributed by atoms with Crippen LogP contribution in [0.15, 0.2) is 161 Å². The van der Waals surface area contributed by atoms with E-state index in [1.807, 2.05) is 216 Å². The number of carbonyl (C=O) groups is 6. The minimum Gasteiger partial charge on any atom is -0.436 e. The lowest BCUT2D eigenvalue weighted by atomic mass is 9.99. The second kappa shape index (κ2) is 36.0. The molecule has 12 aromatic rings. The number of aromatic amines is 3. The predicted molar refractivity (Wildman–Crippen MR) is 474 cm³/mol. The van der Waals surface area contributed by atoms with Crippen molar-refractivity contribution in [2.75, 3.05) is 88.4 Å². The largest absolute Gasteiger partial charge is 0.436 e. The van der Waals surface area contributed by atoms with Crippen molar-refractivity contribution in [2.24, 2.45) is 0 Å². The summed E-state index contributed by atoms with van der Waals surface area (Å²) >= 11 is 3.19. The Morgan fingerprint density at radius 1 is 0.462 bits per heavy atom. The molecule has 0 bridgehead atoms. The summed E-state index contributed by atoms with van der Waals surface area (Å²) in [4.78, 5) is 112. The van der Waals surface area contributed by atoms with Crippen molar-refractivity contribution >= 4 is 110 Å². The summed E-state index contributed by atoms with van der Waals surface area (Å²) in [6.07, 6.45) is 8.27. The minimum atomic E-state index is -0.176. The number of aromatic nitrogens is 6. The molecule has 20 nitrogen and oxygen atoms in total. The number of fused-ring (bicyclic) bond motifs is 3. The van der Waals surface area contributed by atoms with Crippen molar-refractivity contribution in [3.63, 3.8) is 0 Å². The molecule has 1 fully saturated rings. The Balaban J connectivity index is 0.000000144. The molecule has 6 aromatic heterocycles. The number of ketones is 2. The second-order valence-corrected chi connectivity index (χ2v) is 31.8. The van der Waals surface area contributed by atoms with E-state index in [9.17, 15) is 28.8 Å². The molecule has 16 rings (SSSR count). The second-order valence-electron chi connectivity index (χ2n) is 30.1. The number of H-pyrrole nitrogens is 3. The third kappa shape index (κ3) is 17.6. The number of rotatable bonds is 24. The summed E-state index contributed by atoms with van der Waals surface area (Å²) in [5, 5.41) is 15.0. The van der Waals surface area contributed by atoms with Crippen molar-refractivity contribution in [2.45, 2.75) is 102 Å². The summed E-state index contributed by atoms with van der Waals surface area (Å²) in [7, 11) is 2.07. The van der Waals surface area contributed by atoms with Crippen molar-refractivity contribution in [1.29, 1.82) is 0 Å². The summed E-state index contributed by atoms with van der Waals surface area (Å²) in [5.41, 5.74) is 24.4. The normalized spacial score (nSPS) is 14.7. The van der Waals surface area contributed by atoms with Gasteiger partial charge in [-0.1, -0.05) is 149 Å². The Kier molecular flexibility index (Phi) is 25.1. The van der Waals surface area contributed by atoms with Crippen LogP contribution in [0.2, 0.25) is 0 Å². The molecule has 0 aliphatic carbocycles. The number of para-hydroxylation sites is 1. The van der Waals surface area contributed by atoms with Crippen LogP contribution in [0.4, 0.5) is 17.1 Å². The van der Waals surface area contributed by atoms with Gasteiger partial charge in [0.1, 0.15) is 10.0 Å². The molecular formula is C95H99N13O7S2. The zero-order chi connectivity index (χ0) is 82.3. The van der Waals surface area contributed by atoms with E-state index in [1.54, 1.807) is 22.7 Å². The number of nitrogens with one attached hydrogen (secondary N) is 6. The van der Waals surface area contributed by atoms with Gasteiger partial charge >= 0.3 is 0 Å². The van der Waals surface area contributed by atoms with Crippen molar-refractivity contribution in [3.05, 3.63) is 246 Å². The maximum Gasteiger partial charge on any atom is 0.256 e. The van der Waals surface area contributed by atoms with Gasteiger partial charge in [-0.15, -0.1) is 22.7 Å². The highest BCUT2D eigenvalue weighted by atomic mass is 32.1. The number of thiazole rings is 2. The lowest BCUT2D eigenvalue weighted by molar-refractivity contribution is -0.111. The summed E-state index contributed by atoms with van der Waals surface area (Å²) in [5.74, 6) is 1.09. The van der Waals surface area contributed by atoms with Gasteiger partial charge in [-0.05, 0) is 167 Å². The van der Waals surface area contributed by atoms with Crippen LogP contribution in [0.3, 0.4) is 0 Å². The monoisotopic (exact) mass is 1600 g/mol. The van der Waals surface area contributed by atoms with E-state index in [0.29, 0.717) is 46.8 Å². The number of Topliss-reactive ketones (excluding diaryl/α,β-unsaturated/α-hetero) is 2. The maximum atomic E-state index is 13.3. The highest BCUT2D eigenvalue weighted by Crippen LogP contribution is 2.44. The number of benzene rings is 6. The molecule has 598 valence electrons.